The molecule has 1 fully saturated rings. The molecule has 0 radical (unpaired) electrons. The average Bonchev–Trinajstić information content (AvgIpc) is 2.24. The quantitative estimate of drug-likeness (QED) is 0.822. The Bertz CT molecular complexity index is 257. The van der Waals surface area contributed by atoms with E-state index in [2.05, 4.69) is 32.6 Å². The van der Waals surface area contributed by atoms with E-state index in [1.165, 1.54) is 25.7 Å². The Balaban J connectivity index is 2.72. The summed E-state index contributed by atoms with van der Waals surface area (Å²) in [6, 6.07) is 0.449. The Morgan fingerprint density at radius 1 is 1.35 bits per heavy atom. The molecule has 0 aliphatic heterocycles. The number of hydrogen-bond acceptors (Lipinski definition) is 2. The number of carboxylic acid groups (broad SMARTS) is 1. The summed E-state index contributed by atoms with van der Waals surface area (Å²) >= 11 is 0. The molecule has 0 bridgehead atoms. The molecule has 3 heteroatoms. The van der Waals surface area contributed by atoms with Crippen molar-refractivity contribution in [1.29, 1.82) is 0 Å². The van der Waals surface area contributed by atoms with Crippen molar-refractivity contribution in [3.8, 4) is 0 Å². The van der Waals surface area contributed by atoms with E-state index in [-0.39, 0.29) is 12.1 Å². The van der Waals surface area contributed by atoms with Crippen molar-refractivity contribution < 1.29 is 9.90 Å². The summed E-state index contributed by atoms with van der Waals surface area (Å²) in [7, 11) is 0. The molecule has 1 rings (SSSR count). The lowest BCUT2D eigenvalue weighted by Crippen LogP contribution is -2.51. The summed E-state index contributed by atoms with van der Waals surface area (Å²) in [5.41, 5.74) is -0.0569. The Morgan fingerprint density at radius 2 is 2.00 bits per heavy atom. The van der Waals surface area contributed by atoms with Crippen LogP contribution < -0.4 is 0 Å². The summed E-state index contributed by atoms with van der Waals surface area (Å²) in [6.45, 7) is 8.76. The van der Waals surface area contributed by atoms with Crippen LogP contribution in [0.2, 0.25) is 0 Å². The van der Waals surface area contributed by atoms with Gasteiger partial charge in [0.1, 0.15) is 0 Å². The van der Waals surface area contributed by atoms with E-state index in [9.17, 15) is 4.79 Å². The van der Waals surface area contributed by atoms with Gasteiger partial charge in [0.2, 0.25) is 0 Å². The lowest BCUT2D eigenvalue weighted by Gasteiger charge is -2.44. The predicted octanol–water partition coefficient (Wildman–Crippen LogP) is 3.14. The van der Waals surface area contributed by atoms with Crippen LogP contribution >= 0.6 is 0 Å². The second-order valence-corrected chi connectivity index (χ2v) is 6.29. The minimum atomic E-state index is -0.710. The maximum Gasteiger partial charge on any atom is 0.317 e. The molecular weight excluding hydrogens is 214 g/mol. The third-order valence-electron chi connectivity index (χ3n) is 3.94. The van der Waals surface area contributed by atoms with Gasteiger partial charge in [-0.1, -0.05) is 26.2 Å². The van der Waals surface area contributed by atoms with Gasteiger partial charge in [-0.05, 0) is 39.5 Å². The molecule has 17 heavy (non-hydrogen) atoms. The van der Waals surface area contributed by atoms with Crippen molar-refractivity contribution in [2.24, 2.45) is 5.92 Å². The molecule has 2 atom stereocenters. The minimum Gasteiger partial charge on any atom is -0.480 e. The van der Waals surface area contributed by atoms with Crippen molar-refractivity contribution in [2.45, 2.75) is 71.4 Å². The van der Waals surface area contributed by atoms with E-state index in [1.807, 2.05) is 0 Å². The second-order valence-electron chi connectivity index (χ2n) is 6.29. The fraction of sp³-hybridized carbons (Fsp3) is 0.929. The summed E-state index contributed by atoms with van der Waals surface area (Å²) in [4.78, 5) is 13.2. The van der Waals surface area contributed by atoms with Gasteiger partial charge in [0.25, 0.3) is 0 Å². The van der Waals surface area contributed by atoms with Gasteiger partial charge in [-0.15, -0.1) is 0 Å². The Morgan fingerprint density at radius 3 is 2.47 bits per heavy atom. The largest absolute Gasteiger partial charge is 0.480 e. The zero-order valence-electron chi connectivity index (χ0n) is 11.7. The molecule has 1 aliphatic rings. The van der Waals surface area contributed by atoms with Gasteiger partial charge in [-0.2, -0.15) is 0 Å². The highest BCUT2D eigenvalue weighted by Crippen LogP contribution is 2.32. The molecular formula is C14H27NO2. The molecule has 0 heterocycles. The van der Waals surface area contributed by atoms with E-state index < -0.39 is 5.97 Å². The van der Waals surface area contributed by atoms with Crippen LogP contribution in [-0.4, -0.2) is 34.1 Å². The van der Waals surface area contributed by atoms with Crippen LogP contribution in [0.5, 0.6) is 0 Å². The Labute approximate surface area is 105 Å². The van der Waals surface area contributed by atoms with Crippen LogP contribution in [0.15, 0.2) is 0 Å². The van der Waals surface area contributed by atoms with Crippen LogP contribution in [-0.2, 0) is 4.79 Å². The van der Waals surface area contributed by atoms with Crippen molar-refractivity contribution in [3.63, 3.8) is 0 Å². The van der Waals surface area contributed by atoms with Crippen molar-refractivity contribution >= 4 is 5.97 Å². The fourth-order valence-corrected chi connectivity index (χ4v) is 2.98. The molecule has 3 nitrogen and oxygen atoms in total. The van der Waals surface area contributed by atoms with Gasteiger partial charge in [-0.25, -0.2) is 0 Å². The number of hydrogen-bond donors (Lipinski definition) is 1. The van der Waals surface area contributed by atoms with Crippen molar-refractivity contribution in [2.75, 3.05) is 6.54 Å². The lowest BCUT2D eigenvalue weighted by molar-refractivity contribution is -0.141. The van der Waals surface area contributed by atoms with Gasteiger partial charge in [0.15, 0.2) is 0 Å². The maximum absolute atomic E-state index is 11.0. The fourth-order valence-electron chi connectivity index (χ4n) is 2.98. The van der Waals surface area contributed by atoms with Crippen LogP contribution in [0.25, 0.3) is 0 Å². The van der Waals surface area contributed by atoms with Gasteiger partial charge < -0.3 is 5.11 Å². The van der Waals surface area contributed by atoms with E-state index in [0.29, 0.717) is 6.04 Å². The highest BCUT2D eigenvalue weighted by Gasteiger charge is 2.33. The molecule has 1 N–H and O–H groups in total. The first-order valence-electron chi connectivity index (χ1n) is 6.83. The van der Waals surface area contributed by atoms with Crippen LogP contribution in [0.4, 0.5) is 0 Å². The molecule has 1 aliphatic carbocycles. The van der Waals surface area contributed by atoms with Crippen LogP contribution in [0.3, 0.4) is 0 Å². The SMILES string of the molecule is CCC1CCCC(N(CC(=O)O)C(C)(C)C)C1. The molecule has 0 spiro atoms. The number of nitrogens with zero attached hydrogens (tertiary/aromatic N) is 1. The van der Waals surface area contributed by atoms with Gasteiger partial charge >= 0.3 is 5.97 Å². The smallest absolute Gasteiger partial charge is 0.317 e. The minimum absolute atomic E-state index is 0.0569. The normalized spacial score (nSPS) is 26.2. The molecule has 0 aromatic carbocycles. The first-order chi connectivity index (χ1) is 7.84. The molecule has 1 saturated carbocycles. The standard InChI is InChI=1S/C14H27NO2/c1-5-11-7-6-8-12(9-11)15(10-13(16)17)14(2,3)4/h11-12H,5-10H2,1-4H3,(H,16,17). The second kappa shape index (κ2) is 5.85. The average molecular weight is 241 g/mol. The zero-order valence-corrected chi connectivity index (χ0v) is 11.7. The third kappa shape index (κ3) is 4.30. The topological polar surface area (TPSA) is 40.5 Å². The van der Waals surface area contributed by atoms with E-state index in [1.54, 1.807) is 0 Å². The van der Waals surface area contributed by atoms with Crippen molar-refractivity contribution in [3.05, 3.63) is 0 Å². The first kappa shape index (κ1) is 14.5. The summed E-state index contributed by atoms with van der Waals surface area (Å²) < 4.78 is 0. The number of carbonyl (C=O) groups is 1. The molecule has 0 saturated heterocycles. The van der Waals surface area contributed by atoms with Gasteiger partial charge in [-0.3, -0.25) is 9.69 Å². The number of carboxylic acids is 1. The summed E-state index contributed by atoms with van der Waals surface area (Å²) in [5, 5.41) is 9.06. The molecule has 100 valence electrons. The van der Waals surface area contributed by atoms with E-state index >= 15 is 0 Å². The summed E-state index contributed by atoms with van der Waals surface area (Å²) in [5.74, 6) is 0.0749. The number of rotatable bonds is 4. The summed E-state index contributed by atoms with van der Waals surface area (Å²) in [6.07, 6.45) is 6.11. The third-order valence-corrected chi connectivity index (χ3v) is 3.94. The lowest BCUT2D eigenvalue weighted by atomic mass is 9.82. The molecule has 0 amide bonds. The molecule has 2 unspecified atom stereocenters. The van der Waals surface area contributed by atoms with Gasteiger partial charge in [0.05, 0.1) is 6.54 Å². The zero-order chi connectivity index (χ0) is 13.1. The highest BCUT2D eigenvalue weighted by atomic mass is 16.4. The van der Waals surface area contributed by atoms with Crippen molar-refractivity contribution in [1.82, 2.24) is 4.90 Å². The number of aliphatic carboxylic acids is 1. The molecule has 0 aromatic heterocycles. The monoisotopic (exact) mass is 241 g/mol. The van der Waals surface area contributed by atoms with E-state index in [0.717, 1.165) is 12.3 Å². The van der Waals surface area contributed by atoms with Crippen LogP contribution in [0, 0.1) is 5.92 Å². The maximum atomic E-state index is 11.0. The highest BCUT2D eigenvalue weighted by molar-refractivity contribution is 5.69. The Hall–Kier alpha value is -0.570. The Kier molecular flexibility index (Phi) is 4.99. The molecule has 0 aromatic rings. The van der Waals surface area contributed by atoms with E-state index in [4.69, 9.17) is 5.11 Å². The van der Waals surface area contributed by atoms with Gasteiger partial charge in [0, 0.05) is 11.6 Å². The predicted molar refractivity (Wildman–Crippen MR) is 70.1 cm³/mol. The first-order valence-corrected chi connectivity index (χ1v) is 6.83. The van der Waals surface area contributed by atoms with Crippen LogP contribution in [0.1, 0.15) is 59.8 Å².